The number of methoxy groups -OCH3 is 1. The molecule has 4 heteroatoms. The average molecular weight is 363 g/mol. The highest BCUT2D eigenvalue weighted by Gasteiger charge is 2.69. The van der Waals surface area contributed by atoms with Crippen LogP contribution < -0.4 is 0 Å². The maximum absolute atomic E-state index is 12.6. The smallest absolute Gasteiger partial charge is 0.164 e. The van der Waals surface area contributed by atoms with Gasteiger partial charge in [-0.15, -0.1) is 0 Å². The van der Waals surface area contributed by atoms with Gasteiger partial charge in [0.05, 0.1) is 12.2 Å². The van der Waals surface area contributed by atoms with Gasteiger partial charge in [-0.25, -0.2) is 0 Å². The molecule has 26 heavy (non-hydrogen) atoms. The highest BCUT2D eigenvalue weighted by Crippen LogP contribution is 2.67. The van der Waals surface area contributed by atoms with Crippen LogP contribution >= 0.6 is 0 Å². The Hall–Kier alpha value is -0.710. The van der Waals surface area contributed by atoms with Crippen LogP contribution in [0.25, 0.3) is 0 Å². The zero-order valence-corrected chi connectivity index (χ0v) is 16.6. The summed E-state index contributed by atoms with van der Waals surface area (Å²) in [5.41, 5.74) is 0.257. The summed E-state index contributed by atoms with van der Waals surface area (Å²) in [4.78, 5) is 12.6. The molecular formula is C22H34O4. The molecule has 4 rings (SSSR count). The summed E-state index contributed by atoms with van der Waals surface area (Å²) in [6.07, 6.45) is 7.90. The molecule has 8 atom stereocenters. The van der Waals surface area contributed by atoms with Gasteiger partial charge in [0, 0.05) is 12.5 Å². The van der Waals surface area contributed by atoms with Gasteiger partial charge in [0.2, 0.25) is 0 Å². The van der Waals surface area contributed by atoms with Gasteiger partial charge >= 0.3 is 0 Å². The summed E-state index contributed by atoms with van der Waals surface area (Å²) in [6.45, 7) is 6.15. The second-order valence-corrected chi connectivity index (χ2v) is 9.86. The Morgan fingerprint density at radius 2 is 1.92 bits per heavy atom. The zero-order valence-electron chi connectivity index (χ0n) is 16.6. The molecule has 0 saturated heterocycles. The van der Waals surface area contributed by atoms with E-state index in [0.29, 0.717) is 24.2 Å². The van der Waals surface area contributed by atoms with E-state index in [0.717, 1.165) is 38.5 Å². The first-order chi connectivity index (χ1) is 12.2. The lowest BCUT2D eigenvalue weighted by atomic mass is 9.46. The Kier molecular flexibility index (Phi) is 4.22. The Bertz CT molecular complexity index is 642. The van der Waals surface area contributed by atoms with E-state index in [9.17, 15) is 15.0 Å². The topological polar surface area (TPSA) is 66.8 Å². The van der Waals surface area contributed by atoms with Crippen molar-refractivity contribution in [2.45, 2.75) is 83.5 Å². The minimum Gasteiger partial charge on any atom is -0.393 e. The monoisotopic (exact) mass is 362 g/mol. The fourth-order valence-electron chi connectivity index (χ4n) is 7.79. The van der Waals surface area contributed by atoms with Gasteiger partial charge < -0.3 is 14.9 Å². The second-order valence-electron chi connectivity index (χ2n) is 9.86. The molecule has 4 aliphatic rings. The van der Waals surface area contributed by atoms with Crippen LogP contribution in [-0.4, -0.2) is 40.9 Å². The molecule has 0 aromatic heterocycles. The fraction of sp³-hybridized carbons (Fsp3) is 0.864. The summed E-state index contributed by atoms with van der Waals surface area (Å²) in [7, 11) is 1.59. The number of ether oxygens (including phenoxy) is 1. The summed E-state index contributed by atoms with van der Waals surface area (Å²) < 4.78 is 5.82. The SMILES string of the molecule is CO[C@@]1(C(C)=O)[C@H](O)C[C@@H]2[C@H]3CC=C4C[C@@H](O)CC[C@]4(C)[C@@H]3CC[C@]21C. The predicted molar refractivity (Wildman–Crippen MR) is 99.5 cm³/mol. The molecule has 2 N–H and O–H groups in total. The number of ketones is 1. The Labute approximate surface area is 157 Å². The first-order valence-corrected chi connectivity index (χ1v) is 10.3. The van der Waals surface area contributed by atoms with Crippen LogP contribution in [0.3, 0.4) is 0 Å². The summed E-state index contributed by atoms with van der Waals surface area (Å²) >= 11 is 0. The highest BCUT2D eigenvalue weighted by molar-refractivity contribution is 5.87. The van der Waals surface area contributed by atoms with Crippen molar-refractivity contribution in [2.75, 3.05) is 7.11 Å². The van der Waals surface area contributed by atoms with E-state index < -0.39 is 11.7 Å². The quantitative estimate of drug-likeness (QED) is 0.740. The molecule has 0 amide bonds. The highest BCUT2D eigenvalue weighted by atomic mass is 16.5. The lowest BCUT2D eigenvalue weighted by Crippen LogP contribution is -2.60. The lowest BCUT2D eigenvalue weighted by molar-refractivity contribution is -0.183. The summed E-state index contributed by atoms with van der Waals surface area (Å²) in [6, 6.07) is 0. The molecule has 0 aliphatic heterocycles. The number of carbonyl (C=O) groups is 1. The minimum absolute atomic E-state index is 0.0324. The molecular weight excluding hydrogens is 328 g/mol. The van der Waals surface area contributed by atoms with E-state index in [2.05, 4.69) is 19.9 Å². The largest absolute Gasteiger partial charge is 0.393 e. The summed E-state index contributed by atoms with van der Waals surface area (Å²) in [5.74, 6) is 1.35. The van der Waals surface area contributed by atoms with Crippen molar-refractivity contribution < 1.29 is 19.7 Å². The van der Waals surface area contributed by atoms with Crippen molar-refractivity contribution in [1.29, 1.82) is 0 Å². The van der Waals surface area contributed by atoms with Crippen LogP contribution in [0, 0.1) is 28.6 Å². The molecule has 4 aliphatic carbocycles. The third-order valence-electron chi connectivity index (χ3n) is 9.11. The van der Waals surface area contributed by atoms with Gasteiger partial charge in [-0.1, -0.05) is 25.5 Å². The molecule has 0 aromatic rings. The van der Waals surface area contributed by atoms with Crippen molar-refractivity contribution in [3.05, 3.63) is 11.6 Å². The van der Waals surface area contributed by atoms with E-state index in [4.69, 9.17) is 4.74 Å². The van der Waals surface area contributed by atoms with E-state index in [-0.39, 0.29) is 22.7 Å². The first-order valence-electron chi connectivity index (χ1n) is 10.3. The minimum atomic E-state index is -1.06. The number of Topliss-reactive ketones (excluding diaryl/α,β-unsaturated/α-hetero) is 1. The number of hydrogen-bond acceptors (Lipinski definition) is 4. The van der Waals surface area contributed by atoms with Crippen LogP contribution in [0.1, 0.15) is 65.7 Å². The third-order valence-corrected chi connectivity index (χ3v) is 9.11. The molecule has 0 heterocycles. The molecule has 0 unspecified atom stereocenters. The second kappa shape index (κ2) is 5.89. The number of aliphatic hydroxyl groups excluding tert-OH is 2. The van der Waals surface area contributed by atoms with Crippen molar-refractivity contribution in [3.8, 4) is 0 Å². The van der Waals surface area contributed by atoms with Gasteiger partial charge in [0.25, 0.3) is 0 Å². The molecule has 3 fully saturated rings. The first kappa shape index (κ1) is 18.6. The third kappa shape index (κ3) is 2.10. The van der Waals surface area contributed by atoms with Gasteiger partial charge in [0.15, 0.2) is 11.4 Å². The van der Waals surface area contributed by atoms with Crippen LogP contribution in [-0.2, 0) is 9.53 Å². The van der Waals surface area contributed by atoms with Crippen molar-refractivity contribution in [3.63, 3.8) is 0 Å². The number of fused-ring (bicyclic) bond motifs is 5. The Morgan fingerprint density at radius 1 is 1.19 bits per heavy atom. The average Bonchev–Trinajstić information content (AvgIpc) is 2.82. The molecule has 3 saturated carbocycles. The van der Waals surface area contributed by atoms with E-state index in [1.807, 2.05) is 0 Å². The van der Waals surface area contributed by atoms with Gasteiger partial charge in [-0.2, -0.15) is 0 Å². The number of rotatable bonds is 2. The maximum atomic E-state index is 12.6. The van der Waals surface area contributed by atoms with E-state index >= 15 is 0 Å². The maximum Gasteiger partial charge on any atom is 0.164 e. The van der Waals surface area contributed by atoms with Crippen molar-refractivity contribution in [1.82, 2.24) is 0 Å². The van der Waals surface area contributed by atoms with Crippen molar-refractivity contribution in [2.24, 2.45) is 28.6 Å². The molecule has 0 bridgehead atoms. The molecule has 0 aromatic carbocycles. The van der Waals surface area contributed by atoms with E-state index in [1.54, 1.807) is 14.0 Å². The number of carbonyl (C=O) groups excluding carboxylic acids is 1. The summed E-state index contributed by atoms with van der Waals surface area (Å²) in [5, 5.41) is 21.1. The van der Waals surface area contributed by atoms with Crippen LogP contribution in [0.5, 0.6) is 0 Å². The van der Waals surface area contributed by atoms with Crippen LogP contribution in [0.2, 0.25) is 0 Å². The lowest BCUT2D eigenvalue weighted by Gasteiger charge is -2.59. The predicted octanol–water partition coefficient (Wildman–Crippen LogP) is 3.26. The van der Waals surface area contributed by atoms with Crippen LogP contribution in [0.4, 0.5) is 0 Å². The van der Waals surface area contributed by atoms with E-state index in [1.165, 1.54) is 5.57 Å². The normalized spacial score (nSPS) is 53.3. The standard InChI is InChI=1S/C22H34O4/c1-13(23)22(26-4)19(25)12-18-16-6-5-14-11-15(24)7-9-20(14,2)17(16)8-10-21(18,22)3/h5,15-19,24-25H,6-12H2,1-4H3/t15-,16-,17+,18+,19+,20-,21+,22-/m0/s1. The molecule has 146 valence electrons. The number of hydrogen-bond donors (Lipinski definition) is 2. The zero-order chi connectivity index (χ0) is 18.9. The number of allylic oxidation sites excluding steroid dienone is 1. The number of aliphatic hydroxyl groups is 2. The fourth-order valence-corrected chi connectivity index (χ4v) is 7.79. The molecule has 4 nitrogen and oxygen atoms in total. The Balaban J connectivity index is 1.73. The molecule has 0 radical (unpaired) electrons. The van der Waals surface area contributed by atoms with Crippen molar-refractivity contribution >= 4 is 5.78 Å². The van der Waals surface area contributed by atoms with Crippen LogP contribution in [0.15, 0.2) is 11.6 Å². The Morgan fingerprint density at radius 3 is 2.58 bits per heavy atom. The van der Waals surface area contributed by atoms with Gasteiger partial charge in [-0.3, -0.25) is 4.79 Å². The molecule has 0 spiro atoms. The van der Waals surface area contributed by atoms with Gasteiger partial charge in [-0.05, 0) is 75.0 Å². The van der Waals surface area contributed by atoms with Gasteiger partial charge in [0.1, 0.15) is 0 Å².